The average Bonchev–Trinajstić information content (AvgIpc) is 2.40. The Hall–Kier alpha value is -1.17. The van der Waals surface area contributed by atoms with E-state index in [0.29, 0.717) is 19.8 Å². The monoisotopic (exact) mass is 268 g/mol. The molecule has 1 heterocycles. The summed E-state index contributed by atoms with van der Waals surface area (Å²) in [6.45, 7) is 5.72. The molecule has 5 heteroatoms. The second-order valence-electron chi connectivity index (χ2n) is 4.58. The third-order valence-electron chi connectivity index (χ3n) is 3.02. The molecule has 1 aromatic rings. The summed E-state index contributed by atoms with van der Waals surface area (Å²) in [6, 6.07) is 3.89. The van der Waals surface area contributed by atoms with Crippen LogP contribution in [0.15, 0.2) is 18.3 Å². The van der Waals surface area contributed by atoms with Gasteiger partial charge in [0.1, 0.15) is 5.82 Å². The summed E-state index contributed by atoms with van der Waals surface area (Å²) >= 11 is 0. The van der Waals surface area contributed by atoms with E-state index in [4.69, 9.17) is 9.47 Å². The zero-order valence-electron chi connectivity index (χ0n) is 12.2. The second-order valence-corrected chi connectivity index (χ2v) is 4.58. The van der Waals surface area contributed by atoms with Gasteiger partial charge in [-0.2, -0.15) is 0 Å². The number of hydrogen-bond donors (Lipinski definition) is 1. The molecule has 0 aromatic carbocycles. The molecular weight excluding hydrogens is 244 g/mol. The van der Waals surface area contributed by atoms with Gasteiger partial charge in [0.15, 0.2) is 0 Å². The predicted molar refractivity (Wildman–Crippen MR) is 75.4 cm³/mol. The van der Waals surface area contributed by atoms with Gasteiger partial charge in [0.05, 0.1) is 25.4 Å². The minimum atomic E-state index is -0.552. The molecule has 0 aliphatic carbocycles. The van der Waals surface area contributed by atoms with E-state index in [0.717, 1.165) is 11.4 Å². The maximum Gasteiger partial charge on any atom is 0.134 e. The van der Waals surface area contributed by atoms with Crippen molar-refractivity contribution in [3.05, 3.63) is 23.9 Å². The predicted octanol–water partition coefficient (Wildman–Crippen LogP) is 1.62. The van der Waals surface area contributed by atoms with Crippen molar-refractivity contribution in [1.29, 1.82) is 0 Å². The summed E-state index contributed by atoms with van der Waals surface area (Å²) < 4.78 is 10.4. The summed E-state index contributed by atoms with van der Waals surface area (Å²) in [5.74, 6) is 0.791. The number of anilines is 1. The molecule has 0 aliphatic rings. The topological polar surface area (TPSA) is 54.8 Å². The fourth-order valence-electron chi connectivity index (χ4n) is 2.03. The SMILES string of the molecule is COCCN(c1ncccc1[C@H](C)O)C(C)COC. The molecule has 0 radical (unpaired) electrons. The molecule has 19 heavy (non-hydrogen) atoms. The van der Waals surface area contributed by atoms with Gasteiger partial charge >= 0.3 is 0 Å². The number of aromatic nitrogens is 1. The molecule has 0 saturated heterocycles. The third kappa shape index (κ3) is 4.45. The van der Waals surface area contributed by atoms with Crippen LogP contribution in [0, 0.1) is 0 Å². The molecule has 1 rings (SSSR count). The van der Waals surface area contributed by atoms with E-state index in [2.05, 4.69) is 16.8 Å². The molecule has 5 nitrogen and oxygen atoms in total. The smallest absolute Gasteiger partial charge is 0.134 e. The number of methoxy groups -OCH3 is 2. The first-order valence-corrected chi connectivity index (χ1v) is 6.49. The lowest BCUT2D eigenvalue weighted by atomic mass is 10.1. The first-order valence-electron chi connectivity index (χ1n) is 6.49. The molecule has 1 aromatic heterocycles. The second kappa shape index (κ2) is 8.09. The number of aliphatic hydroxyl groups is 1. The molecule has 0 saturated carbocycles. The average molecular weight is 268 g/mol. The Bertz CT molecular complexity index is 371. The molecule has 2 atom stereocenters. The Morgan fingerprint density at radius 2 is 2.05 bits per heavy atom. The van der Waals surface area contributed by atoms with E-state index in [9.17, 15) is 5.11 Å². The summed E-state index contributed by atoms with van der Waals surface area (Å²) in [6.07, 6.45) is 1.18. The lowest BCUT2D eigenvalue weighted by Crippen LogP contribution is -2.40. The van der Waals surface area contributed by atoms with Gasteiger partial charge < -0.3 is 19.5 Å². The van der Waals surface area contributed by atoms with E-state index < -0.39 is 6.10 Å². The van der Waals surface area contributed by atoms with Crippen molar-refractivity contribution in [2.45, 2.75) is 26.0 Å². The fourth-order valence-corrected chi connectivity index (χ4v) is 2.03. The van der Waals surface area contributed by atoms with E-state index in [1.54, 1.807) is 27.3 Å². The zero-order valence-corrected chi connectivity index (χ0v) is 12.2. The van der Waals surface area contributed by atoms with Crippen LogP contribution in [-0.2, 0) is 9.47 Å². The number of hydrogen-bond acceptors (Lipinski definition) is 5. The number of ether oxygens (including phenoxy) is 2. The summed E-state index contributed by atoms with van der Waals surface area (Å²) in [5.41, 5.74) is 0.821. The van der Waals surface area contributed by atoms with Gasteiger partial charge in [-0.1, -0.05) is 6.07 Å². The van der Waals surface area contributed by atoms with Gasteiger partial charge in [-0.05, 0) is 19.9 Å². The van der Waals surface area contributed by atoms with Crippen molar-refractivity contribution in [3.63, 3.8) is 0 Å². The van der Waals surface area contributed by atoms with E-state index in [1.807, 2.05) is 12.1 Å². The highest BCUT2D eigenvalue weighted by atomic mass is 16.5. The van der Waals surface area contributed by atoms with Crippen molar-refractivity contribution >= 4 is 5.82 Å². The molecule has 0 aliphatic heterocycles. The van der Waals surface area contributed by atoms with Gasteiger partial charge in [-0.3, -0.25) is 0 Å². The molecular formula is C14H24N2O3. The Morgan fingerprint density at radius 3 is 2.63 bits per heavy atom. The first kappa shape index (κ1) is 15.9. The zero-order chi connectivity index (χ0) is 14.3. The van der Waals surface area contributed by atoms with Crippen LogP contribution in [0.5, 0.6) is 0 Å². The van der Waals surface area contributed by atoms with E-state index >= 15 is 0 Å². The lowest BCUT2D eigenvalue weighted by molar-refractivity contribution is 0.169. The van der Waals surface area contributed by atoms with Crippen LogP contribution in [0.4, 0.5) is 5.82 Å². The summed E-state index contributed by atoms with van der Waals surface area (Å²) in [5, 5.41) is 9.86. The molecule has 0 fully saturated rings. The van der Waals surface area contributed by atoms with Crippen LogP contribution in [-0.4, -0.2) is 50.1 Å². The van der Waals surface area contributed by atoms with Crippen LogP contribution in [0.3, 0.4) is 0 Å². The molecule has 1 unspecified atom stereocenters. The van der Waals surface area contributed by atoms with Crippen molar-refractivity contribution in [1.82, 2.24) is 4.98 Å². The van der Waals surface area contributed by atoms with Crippen molar-refractivity contribution in [2.75, 3.05) is 38.9 Å². The normalized spacial score (nSPS) is 14.2. The van der Waals surface area contributed by atoms with Crippen molar-refractivity contribution in [2.24, 2.45) is 0 Å². The minimum Gasteiger partial charge on any atom is -0.389 e. The Kier molecular flexibility index (Phi) is 6.77. The van der Waals surface area contributed by atoms with Gasteiger partial charge in [0, 0.05) is 32.5 Å². The largest absolute Gasteiger partial charge is 0.389 e. The fraction of sp³-hybridized carbons (Fsp3) is 0.643. The van der Waals surface area contributed by atoms with E-state index in [-0.39, 0.29) is 6.04 Å². The van der Waals surface area contributed by atoms with Crippen LogP contribution < -0.4 is 4.90 Å². The van der Waals surface area contributed by atoms with Gasteiger partial charge in [0.2, 0.25) is 0 Å². The van der Waals surface area contributed by atoms with Crippen LogP contribution in [0.2, 0.25) is 0 Å². The van der Waals surface area contributed by atoms with Crippen LogP contribution in [0.25, 0.3) is 0 Å². The minimum absolute atomic E-state index is 0.160. The number of nitrogens with zero attached hydrogens (tertiary/aromatic N) is 2. The van der Waals surface area contributed by atoms with Crippen LogP contribution in [0.1, 0.15) is 25.5 Å². The first-order chi connectivity index (χ1) is 9.11. The number of rotatable bonds is 8. The van der Waals surface area contributed by atoms with E-state index in [1.165, 1.54) is 0 Å². The van der Waals surface area contributed by atoms with Gasteiger partial charge in [-0.25, -0.2) is 4.98 Å². The number of pyridine rings is 1. The summed E-state index contributed by atoms with van der Waals surface area (Å²) in [4.78, 5) is 6.52. The molecule has 1 N–H and O–H groups in total. The highest BCUT2D eigenvalue weighted by Crippen LogP contribution is 2.25. The molecule has 0 bridgehead atoms. The van der Waals surface area contributed by atoms with Crippen molar-refractivity contribution < 1.29 is 14.6 Å². The van der Waals surface area contributed by atoms with Crippen molar-refractivity contribution in [3.8, 4) is 0 Å². The quantitative estimate of drug-likeness (QED) is 0.776. The maximum absolute atomic E-state index is 9.86. The standard InChI is InChI=1S/C14H24N2O3/c1-11(10-19-4)16(8-9-18-3)14-13(12(2)17)6-5-7-15-14/h5-7,11-12,17H,8-10H2,1-4H3/t11?,12-/m0/s1. The van der Waals surface area contributed by atoms with Crippen LogP contribution >= 0.6 is 0 Å². The Morgan fingerprint density at radius 1 is 1.32 bits per heavy atom. The summed E-state index contributed by atoms with van der Waals surface area (Å²) in [7, 11) is 3.35. The molecule has 0 spiro atoms. The third-order valence-corrected chi connectivity index (χ3v) is 3.02. The molecule has 108 valence electrons. The lowest BCUT2D eigenvalue weighted by Gasteiger charge is -2.31. The van der Waals surface area contributed by atoms with Gasteiger partial charge in [0.25, 0.3) is 0 Å². The maximum atomic E-state index is 9.86. The Labute approximate surface area is 115 Å². The van der Waals surface area contributed by atoms with Gasteiger partial charge in [-0.15, -0.1) is 0 Å². The highest BCUT2D eigenvalue weighted by Gasteiger charge is 2.20. The highest BCUT2D eigenvalue weighted by molar-refractivity contribution is 5.48. The Balaban J connectivity index is 3.02. The number of aliphatic hydroxyl groups excluding tert-OH is 1. The molecule has 0 amide bonds.